The SMILES string of the molecule is CCOC(=O)COc1ccc(OC)cc1C(Nc1ccc(C#N)cc1)C(=O)NCc1ccccc1. The van der Waals surface area contributed by atoms with Crippen LogP contribution in [0.4, 0.5) is 5.69 Å². The number of benzene rings is 3. The molecule has 0 aliphatic rings. The Morgan fingerprint density at radius 1 is 1.03 bits per heavy atom. The number of hydrogen-bond acceptors (Lipinski definition) is 7. The van der Waals surface area contributed by atoms with Crippen LogP contribution in [0.1, 0.15) is 29.7 Å². The Morgan fingerprint density at radius 2 is 1.77 bits per heavy atom. The third kappa shape index (κ3) is 7.24. The molecule has 3 rings (SSSR count). The van der Waals surface area contributed by atoms with E-state index >= 15 is 0 Å². The molecule has 1 atom stereocenters. The lowest BCUT2D eigenvalue weighted by atomic mass is 10.0. The first-order chi connectivity index (χ1) is 17.0. The van der Waals surface area contributed by atoms with Crippen molar-refractivity contribution in [2.75, 3.05) is 25.6 Å². The van der Waals surface area contributed by atoms with Gasteiger partial charge in [0.2, 0.25) is 5.91 Å². The zero-order valence-corrected chi connectivity index (χ0v) is 19.6. The first-order valence-electron chi connectivity index (χ1n) is 11.1. The van der Waals surface area contributed by atoms with Crippen molar-refractivity contribution in [3.05, 3.63) is 89.5 Å². The largest absolute Gasteiger partial charge is 0.497 e. The van der Waals surface area contributed by atoms with E-state index in [2.05, 4.69) is 16.7 Å². The summed E-state index contributed by atoms with van der Waals surface area (Å²) in [6.07, 6.45) is 0. The highest BCUT2D eigenvalue weighted by molar-refractivity contribution is 5.87. The van der Waals surface area contributed by atoms with Crippen molar-refractivity contribution in [3.63, 3.8) is 0 Å². The molecule has 0 heterocycles. The predicted octanol–water partition coefficient (Wildman–Crippen LogP) is 3.98. The van der Waals surface area contributed by atoms with E-state index in [1.807, 2.05) is 30.3 Å². The molecule has 0 radical (unpaired) electrons. The summed E-state index contributed by atoms with van der Waals surface area (Å²) >= 11 is 0. The van der Waals surface area contributed by atoms with Crippen LogP contribution >= 0.6 is 0 Å². The van der Waals surface area contributed by atoms with E-state index in [-0.39, 0.29) is 19.1 Å². The van der Waals surface area contributed by atoms with Gasteiger partial charge in [-0.3, -0.25) is 4.79 Å². The summed E-state index contributed by atoms with van der Waals surface area (Å²) in [7, 11) is 1.52. The lowest BCUT2D eigenvalue weighted by molar-refractivity contribution is -0.145. The molecule has 1 unspecified atom stereocenters. The Balaban J connectivity index is 1.93. The first kappa shape index (κ1) is 25.1. The van der Waals surface area contributed by atoms with Crippen LogP contribution in [0.15, 0.2) is 72.8 Å². The van der Waals surface area contributed by atoms with E-state index < -0.39 is 12.0 Å². The topological polar surface area (TPSA) is 110 Å². The average Bonchev–Trinajstić information content (AvgIpc) is 2.90. The second-order valence-electron chi connectivity index (χ2n) is 7.47. The summed E-state index contributed by atoms with van der Waals surface area (Å²) < 4.78 is 16.0. The number of rotatable bonds is 11. The van der Waals surface area contributed by atoms with Crippen LogP contribution < -0.4 is 20.1 Å². The van der Waals surface area contributed by atoms with E-state index in [0.717, 1.165) is 5.56 Å². The lowest BCUT2D eigenvalue weighted by Gasteiger charge is -2.23. The Hall–Kier alpha value is -4.51. The molecule has 0 saturated heterocycles. The second-order valence-corrected chi connectivity index (χ2v) is 7.47. The monoisotopic (exact) mass is 473 g/mol. The van der Waals surface area contributed by atoms with Gasteiger partial charge >= 0.3 is 5.97 Å². The number of nitriles is 1. The summed E-state index contributed by atoms with van der Waals surface area (Å²) in [6, 6.07) is 22.5. The molecule has 0 aromatic heterocycles. The van der Waals surface area contributed by atoms with Gasteiger partial charge in [0, 0.05) is 17.8 Å². The van der Waals surface area contributed by atoms with Crippen LogP contribution in [0, 0.1) is 11.3 Å². The number of esters is 1. The minimum atomic E-state index is -0.890. The fourth-order valence-electron chi connectivity index (χ4n) is 3.33. The van der Waals surface area contributed by atoms with E-state index in [0.29, 0.717) is 34.9 Å². The Morgan fingerprint density at radius 3 is 2.43 bits per heavy atom. The Kier molecular flexibility index (Phi) is 9.08. The van der Waals surface area contributed by atoms with Crippen molar-refractivity contribution in [2.45, 2.75) is 19.5 Å². The van der Waals surface area contributed by atoms with Gasteiger partial charge in [-0.2, -0.15) is 5.26 Å². The van der Waals surface area contributed by atoms with Crippen LogP contribution in [-0.4, -0.2) is 32.2 Å². The van der Waals surface area contributed by atoms with E-state index in [9.17, 15) is 9.59 Å². The molecule has 0 saturated carbocycles. The number of anilines is 1. The minimum Gasteiger partial charge on any atom is -0.497 e. The maximum atomic E-state index is 13.4. The summed E-state index contributed by atoms with van der Waals surface area (Å²) in [5.74, 6) is 0.0256. The molecular weight excluding hydrogens is 446 g/mol. The van der Waals surface area contributed by atoms with Gasteiger partial charge in [-0.05, 0) is 55.0 Å². The maximum Gasteiger partial charge on any atom is 0.344 e. The van der Waals surface area contributed by atoms with Crippen LogP contribution in [0.25, 0.3) is 0 Å². The molecule has 3 aromatic carbocycles. The Bertz CT molecular complexity index is 1170. The summed E-state index contributed by atoms with van der Waals surface area (Å²) in [4.78, 5) is 25.3. The number of nitrogens with zero attached hydrogens (tertiary/aromatic N) is 1. The van der Waals surface area contributed by atoms with Gasteiger partial charge in [0.15, 0.2) is 6.61 Å². The molecule has 0 fully saturated rings. The molecule has 1 amide bonds. The number of carbonyl (C=O) groups excluding carboxylic acids is 2. The third-order valence-corrected chi connectivity index (χ3v) is 5.08. The van der Waals surface area contributed by atoms with Crippen LogP contribution in [-0.2, 0) is 20.9 Å². The number of carbonyl (C=O) groups is 2. The van der Waals surface area contributed by atoms with Gasteiger partial charge in [-0.25, -0.2) is 4.79 Å². The highest BCUT2D eigenvalue weighted by atomic mass is 16.6. The lowest BCUT2D eigenvalue weighted by Crippen LogP contribution is -2.33. The maximum absolute atomic E-state index is 13.4. The van der Waals surface area contributed by atoms with Crippen molar-refractivity contribution >= 4 is 17.6 Å². The van der Waals surface area contributed by atoms with E-state index in [4.69, 9.17) is 19.5 Å². The zero-order chi connectivity index (χ0) is 25.0. The van der Waals surface area contributed by atoms with Crippen molar-refractivity contribution in [3.8, 4) is 17.6 Å². The molecule has 8 nitrogen and oxygen atoms in total. The molecule has 0 aliphatic carbocycles. The molecule has 3 aromatic rings. The number of hydrogen-bond donors (Lipinski definition) is 2. The fourth-order valence-corrected chi connectivity index (χ4v) is 3.33. The normalized spacial score (nSPS) is 11.0. The van der Waals surface area contributed by atoms with E-state index in [1.165, 1.54) is 7.11 Å². The van der Waals surface area contributed by atoms with Crippen molar-refractivity contribution in [2.24, 2.45) is 0 Å². The average molecular weight is 474 g/mol. The van der Waals surface area contributed by atoms with Crippen LogP contribution in [0.2, 0.25) is 0 Å². The van der Waals surface area contributed by atoms with Crippen molar-refractivity contribution in [1.29, 1.82) is 5.26 Å². The van der Waals surface area contributed by atoms with Gasteiger partial charge in [0.05, 0.1) is 25.3 Å². The summed E-state index contributed by atoms with van der Waals surface area (Å²) in [6.45, 7) is 1.98. The second kappa shape index (κ2) is 12.7. The molecule has 2 N–H and O–H groups in total. The van der Waals surface area contributed by atoms with Gasteiger partial charge in [-0.15, -0.1) is 0 Å². The molecule has 0 bridgehead atoms. The molecule has 35 heavy (non-hydrogen) atoms. The highest BCUT2D eigenvalue weighted by Crippen LogP contribution is 2.32. The molecule has 0 aliphatic heterocycles. The third-order valence-electron chi connectivity index (χ3n) is 5.08. The minimum absolute atomic E-state index is 0.239. The summed E-state index contributed by atoms with van der Waals surface area (Å²) in [5, 5.41) is 15.3. The van der Waals surface area contributed by atoms with Gasteiger partial charge < -0.3 is 24.8 Å². The number of amides is 1. The molecule has 180 valence electrons. The van der Waals surface area contributed by atoms with Gasteiger partial charge in [0.25, 0.3) is 0 Å². The first-order valence-corrected chi connectivity index (χ1v) is 11.1. The predicted molar refractivity (Wildman–Crippen MR) is 131 cm³/mol. The van der Waals surface area contributed by atoms with Crippen LogP contribution in [0.5, 0.6) is 11.5 Å². The van der Waals surface area contributed by atoms with Gasteiger partial charge in [-0.1, -0.05) is 30.3 Å². The summed E-state index contributed by atoms with van der Waals surface area (Å²) in [5.41, 5.74) is 2.55. The molecule has 8 heteroatoms. The smallest absolute Gasteiger partial charge is 0.344 e. The standard InChI is InChI=1S/C27H27N3O5/c1-3-34-25(31)18-35-24-14-13-22(33-2)15-23(24)26(30-21-11-9-19(16-28)10-12-21)27(32)29-17-20-7-5-4-6-8-20/h4-15,26,30H,3,17-18H2,1-2H3,(H,29,32). The van der Waals surface area contributed by atoms with E-state index in [1.54, 1.807) is 49.4 Å². The highest BCUT2D eigenvalue weighted by Gasteiger charge is 2.25. The number of ether oxygens (including phenoxy) is 3. The van der Waals surface area contributed by atoms with Crippen molar-refractivity contribution < 1.29 is 23.8 Å². The fraction of sp³-hybridized carbons (Fsp3) is 0.222. The molecule has 0 spiro atoms. The van der Waals surface area contributed by atoms with Crippen LogP contribution in [0.3, 0.4) is 0 Å². The van der Waals surface area contributed by atoms with Gasteiger partial charge in [0.1, 0.15) is 17.5 Å². The zero-order valence-electron chi connectivity index (χ0n) is 19.6. The van der Waals surface area contributed by atoms with Crippen molar-refractivity contribution in [1.82, 2.24) is 5.32 Å². The quantitative estimate of drug-likeness (QED) is 0.406. The molecular formula is C27H27N3O5. The number of nitrogens with one attached hydrogen (secondary N) is 2. The number of methoxy groups -OCH3 is 1. The Labute approximate surface area is 204 Å².